The monoisotopic (exact) mass is 232 g/mol. The maximum absolute atomic E-state index is 12.5. The van der Waals surface area contributed by atoms with Crippen molar-refractivity contribution in [3.05, 3.63) is 22.5 Å². The van der Waals surface area contributed by atoms with Gasteiger partial charge in [-0.3, -0.25) is 0 Å². The fraction of sp³-hybridized carbons (Fsp3) is 0.333. The second kappa shape index (κ2) is 4.89. The summed E-state index contributed by atoms with van der Waals surface area (Å²) in [5, 5.41) is 8.53. The number of nitriles is 1. The fourth-order valence-electron chi connectivity index (χ4n) is 1.16. The Bertz CT molecular complexity index is 404. The van der Waals surface area contributed by atoms with Crippen molar-refractivity contribution in [3.63, 3.8) is 0 Å². The van der Waals surface area contributed by atoms with Crippen LogP contribution < -0.4 is 4.74 Å². The fourth-order valence-corrected chi connectivity index (χ4v) is 1.36. The van der Waals surface area contributed by atoms with Gasteiger partial charge in [0.25, 0.3) is 6.43 Å². The van der Waals surface area contributed by atoms with E-state index in [9.17, 15) is 8.78 Å². The number of nitrogens with zero attached hydrogens (tertiary/aromatic N) is 2. The zero-order valence-corrected chi connectivity index (χ0v) is 8.55. The van der Waals surface area contributed by atoms with Crippen LogP contribution in [0.3, 0.4) is 0 Å². The summed E-state index contributed by atoms with van der Waals surface area (Å²) in [4.78, 5) is 3.58. The standard InChI is InChI=1S/C9H7ClF2N2O/c1-15-7-5(2-3-13)8(10)14-4-6(7)9(11)12/h4,9H,2H2,1H3. The van der Waals surface area contributed by atoms with Crippen molar-refractivity contribution in [1.82, 2.24) is 4.98 Å². The summed E-state index contributed by atoms with van der Waals surface area (Å²) < 4.78 is 29.9. The second-order valence-corrected chi connectivity index (χ2v) is 3.01. The molecule has 0 fully saturated rings. The molecule has 15 heavy (non-hydrogen) atoms. The minimum absolute atomic E-state index is 0.0119. The summed E-state index contributed by atoms with van der Waals surface area (Å²) in [5.74, 6) is -0.0634. The van der Waals surface area contributed by atoms with E-state index in [0.717, 1.165) is 6.20 Å². The lowest BCUT2D eigenvalue weighted by Gasteiger charge is -2.11. The average molecular weight is 233 g/mol. The number of rotatable bonds is 3. The Morgan fingerprint density at radius 3 is 2.80 bits per heavy atom. The number of ether oxygens (including phenoxy) is 1. The predicted molar refractivity (Wildman–Crippen MR) is 50.1 cm³/mol. The third-order valence-corrected chi connectivity index (χ3v) is 2.12. The van der Waals surface area contributed by atoms with Crippen LogP contribution in [0.25, 0.3) is 0 Å². The molecule has 0 aliphatic rings. The van der Waals surface area contributed by atoms with E-state index < -0.39 is 6.43 Å². The molecule has 0 saturated heterocycles. The SMILES string of the molecule is COc1c(C(F)F)cnc(Cl)c1CC#N. The highest BCUT2D eigenvalue weighted by atomic mass is 35.5. The van der Waals surface area contributed by atoms with Gasteiger partial charge in [0.15, 0.2) is 0 Å². The smallest absolute Gasteiger partial charge is 0.268 e. The molecule has 0 aliphatic carbocycles. The van der Waals surface area contributed by atoms with Gasteiger partial charge >= 0.3 is 0 Å². The lowest BCUT2D eigenvalue weighted by molar-refractivity contribution is 0.146. The topological polar surface area (TPSA) is 45.9 Å². The quantitative estimate of drug-likeness (QED) is 0.753. The van der Waals surface area contributed by atoms with Gasteiger partial charge in [-0.25, -0.2) is 13.8 Å². The lowest BCUT2D eigenvalue weighted by atomic mass is 10.1. The summed E-state index contributed by atoms with van der Waals surface area (Å²) in [6.07, 6.45) is -1.87. The summed E-state index contributed by atoms with van der Waals surface area (Å²) in [5.41, 5.74) is -0.161. The van der Waals surface area contributed by atoms with Gasteiger partial charge in [-0.15, -0.1) is 0 Å². The Morgan fingerprint density at radius 1 is 1.67 bits per heavy atom. The van der Waals surface area contributed by atoms with E-state index in [1.54, 1.807) is 0 Å². The van der Waals surface area contributed by atoms with E-state index >= 15 is 0 Å². The first-order chi connectivity index (χ1) is 7.11. The average Bonchev–Trinajstić information content (AvgIpc) is 2.20. The first-order valence-electron chi connectivity index (χ1n) is 3.98. The number of hydrogen-bond donors (Lipinski definition) is 0. The van der Waals surface area contributed by atoms with Gasteiger partial charge in [-0.05, 0) is 0 Å². The summed E-state index contributed by atoms with van der Waals surface area (Å²) in [7, 11) is 1.25. The minimum Gasteiger partial charge on any atom is -0.496 e. The van der Waals surface area contributed by atoms with Crippen LogP contribution in [0.2, 0.25) is 5.15 Å². The first kappa shape index (κ1) is 11.7. The van der Waals surface area contributed by atoms with E-state index in [1.165, 1.54) is 7.11 Å². The Morgan fingerprint density at radius 2 is 2.33 bits per heavy atom. The van der Waals surface area contributed by atoms with Crippen molar-refractivity contribution < 1.29 is 13.5 Å². The Kier molecular flexibility index (Phi) is 3.81. The molecule has 1 heterocycles. The number of aromatic nitrogens is 1. The van der Waals surface area contributed by atoms with Crippen LogP contribution in [0.5, 0.6) is 5.75 Å². The van der Waals surface area contributed by atoms with Crippen LogP contribution in [-0.2, 0) is 6.42 Å². The molecule has 0 radical (unpaired) electrons. The van der Waals surface area contributed by atoms with Gasteiger partial charge in [0.1, 0.15) is 10.9 Å². The number of alkyl halides is 2. The highest BCUT2D eigenvalue weighted by Crippen LogP contribution is 2.34. The molecule has 0 spiro atoms. The van der Waals surface area contributed by atoms with E-state index in [1.807, 2.05) is 6.07 Å². The van der Waals surface area contributed by atoms with Crippen LogP contribution >= 0.6 is 11.6 Å². The first-order valence-corrected chi connectivity index (χ1v) is 4.36. The number of hydrogen-bond acceptors (Lipinski definition) is 3. The molecule has 0 bridgehead atoms. The van der Waals surface area contributed by atoms with E-state index in [4.69, 9.17) is 21.6 Å². The third-order valence-electron chi connectivity index (χ3n) is 1.80. The second-order valence-electron chi connectivity index (χ2n) is 2.65. The van der Waals surface area contributed by atoms with Crippen molar-refractivity contribution in [3.8, 4) is 11.8 Å². The molecule has 0 atom stereocenters. The van der Waals surface area contributed by atoms with Gasteiger partial charge in [-0.2, -0.15) is 5.26 Å². The number of halogens is 3. The zero-order valence-electron chi connectivity index (χ0n) is 7.80. The molecular formula is C9H7ClF2N2O. The summed E-state index contributed by atoms with van der Waals surface area (Å²) >= 11 is 5.68. The number of pyridine rings is 1. The maximum atomic E-state index is 12.5. The molecule has 1 rings (SSSR count). The Hall–Kier alpha value is -1.41. The highest BCUT2D eigenvalue weighted by Gasteiger charge is 2.20. The van der Waals surface area contributed by atoms with Crippen LogP contribution in [0.15, 0.2) is 6.20 Å². The van der Waals surface area contributed by atoms with Crippen LogP contribution in [0.1, 0.15) is 17.6 Å². The molecule has 1 aromatic heterocycles. The largest absolute Gasteiger partial charge is 0.496 e. The molecule has 0 N–H and O–H groups in total. The van der Waals surface area contributed by atoms with Crippen molar-refractivity contribution in [1.29, 1.82) is 5.26 Å². The third kappa shape index (κ3) is 2.34. The summed E-state index contributed by atoms with van der Waals surface area (Å²) in [6.45, 7) is 0. The van der Waals surface area contributed by atoms with Gasteiger partial charge in [0.2, 0.25) is 0 Å². The minimum atomic E-state index is -2.71. The molecule has 0 aromatic carbocycles. The normalized spacial score (nSPS) is 10.1. The molecule has 6 heteroatoms. The Labute approximate surface area is 90.3 Å². The van der Waals surface area contributed by atoms with Crippen molar-refractivity contribution >= 4 is 11.6 Å². The van der Waals surface area contributed by atoms with Crippen molar-refractivity contribution in [2.24, 2.45) is 0 Å². The molecule has 0 unspecified atom stereocenters. The van der Waals surface area contributed by atoms with Gasteiger partial charge in [0.05, 0.1) is 25.2 Å². The van der Waals surface area contributed by atoms with Gasteiger partial charge in [-0.1, -0.05) is 11.6 Å². The van der Waals surface area contributed by atoms with Crippen LogP contribution in [0.4, 0.5) is 8.78 Å². The summed E-state index contributed by atoms with van der Waals surface area (Å²) in [6, 6.07) is 1.82. The highest BCUT2D eigenvalue weighted by molar-refractivity contribution is 6.30. The van der Waals surface area contributed by atoms with Gasteiger partial charge in [0, 0.05) is 11.8 Å². The molecule has 0 amide bonds. The molecule has 0 aliphatic heterocycles. The maximum Gasteiger partial charge on any atom is 0.268 e. The molecule has 0 saturated carbocycles. The Balaban J connectivity index is 3.34. The lowest BCUT2D eigenvalue weighted by Crippen LogP contribution is -2.00. The molecule has 3 nitrogen and oxygen atoms in total. The predicted octanol–water partition coefficient (Wildman–Crippen LogP) is 2.75. The van der Waals surface area contributed by atoms with Crippen LogP contribution in [0, 0.1) is 11.3 Å². The van der Waals surface area contributed by atoms with Crippen molar-refractivity contribution in [2.75, 3.05) is 7.11 Å². The molecule has 80 valence electrons. The van der Waals surface area contributed by atoms with Crippen LogP contribution in [-0.4, -0.2) is 12.1 Å². The van der Waals surface area contributed by atoms with E-state index in [2.05, 4.69) is 4.98 Å². The van der Waals surface area contributed by atoms with Gasteiger partial charge < -0.3 is 4.74 Å². The molecule has 1 aromatic rings. The van der Waals surface area contributed by atoms with E-state index in [0.29, 0.717) is 0 Å². The van der Waals surface area contributed by atoms with Crippen molar-refractivity contribution in [2.45, 2.75) is 12.8 Å². The van der Waals surface area contributed by atoms with E-state index in [-0.39, 0.29) is 28.5 Å². The number of methoxy groups -OCH3 is 1. The molecular weight excluding hydrogens is 226 g/mol. The zero-order chi connectivity index (χ0) is 11.4.